The Bertz CT molecular complexity index is 1410. The van der Waals surface area contributed by atoms with E-state index in [2.05, 4.69) is 0 Å². The van der Waals surface area contributed by atoms with E-state index in [0.29, 0.717) is 15.1 Å². The number of carboxylic acid groups (broad SMARTS) is 1. The highest BCUT2D eigenvalue weighted by Crippen LogP contribution is 2.36. The Morgan fingerprint density at radius 1 is 0.833 bits per heavy atom. The zero-order valence-electron chi connectivity index (χ0n) is 18.6. The normalized spacial score (nSPS) is 11.8. The fourth-order valence-electron chi connectivity index (χ4n) is 3.88. The van der Waals surface area contributed by atoms with Crippen molar-refractivity contribution in [3.8, 4) is 11.1 Å². The number of carboxylic acids is 1. The van der Waals surface area contributed by atoms with Crippen molar-refractivity contribution in [1.29, 1.82) is 0 Å². The van der Waals surface area contributed by atoms with Crippen molar-refractivity contribution in [3.63, 3.8) is 0 Å². The standard InChI is InChI=1S/C27H19Cl4NO3S/c28-17-6-8-19(22(30)13-17)20-10-11-36-25(20)15-32(26(33)21-9-7-18(29)14-23(21)31)24(27(34)35)12-16-4-2-1-3-5-16/h1-11,13-14,24H,12,15H2,(H,34,35)/t24-/m0/s1. The van der Waals surface area contributed by atoms with Crippen LogP contribution >= 0.6 is 57.7 Å². The Morgan fingerprint density at radius 2 is 1.50 bits per heavy atom. The lowest BCUT2D eigenvalue weighted by Crippen LogP contribution is -2.46. The number of aliphatic carboxylic acids is 1. The van der Waals surface area contributed by atoms with Gasteiger partial charge >= 0.3 is 5.97 Å². The van der Waals surface area contributed by atoms with Gasteiger partial charge in [0.25, 0.3) is 5.91 Å². The number of thiophene rings is 1. The van der Waals surface area contributed by atoms with Crippen LogP contribution in [0.3, 0.4) is 0 Å². The number of benzene rings is 3. The monoisotopic (exact) mass is 577 g/mol. The summed E-state index contributed by atoms with van der Waals surface area (Å²) >= 11 is 26.3. The predicted octanol–water partition coefficient (Wildman–Crippen LogP) is 8.37. The third-order valence-corrected chi connectivity index (χ3v) is 7.64. The van der Waals surface area contributed by atoms with Gasteiger partial charge in [-0.15, -0.1) is 11.3 Å². The van der Waals surface area contributed by atoms with Gasteiger partial charge in [-0.3, -0.25) is 4.79 Å². The molecule has 1 heterocycles. The molecule has 0 fully saturated rings. The van der Waals surface area contributed by atoms with E-state index in [0.717, 1.165) is 21.6 Å². The van der Waals surface area contributed by atoms with Crippen molar-refractivity contribution in [2.24, 2.45) is 0 Å². The van der Waals surface area contributed by atoms with Crippen molar-refractivity contribution in [2.45, 2.75) is 19.0 Å². The number of hydrogen-bond donors (Lipinski definition) is 1. The molecule has 0 aliphatic heterocycles. The quantitative estimate of drug-likeness (QED) is 0.228. The van der Waals surface area contributed by atoms with Crippen LogP contribution in [0.4, 0.5) is 0 Å². The van der Waals surface area contributed by atoms with Gasteiger partial charge in [-0.1, -0.05) is 82.8 Å². The fourth-order valence-corrected chi connectivity index (χ4v) is 5.76. The molecular formula is C27H19Cl4NO3S. The molecule has 0 unspecified atom stereocenters. The van der Waals surface area contributed by atoms with Crippen molar-refractivity contribution in [2.75, 3.05) is 0 Å². The topological polar surface area (TPSA) is 57.6 Å². The number of nitrogens with zero attached hydrogens (tertiary/aromatic N) is 1. The summed E-state index contributed by atoms with van der Waals surface area (Å²) in [5, 5.41) is 13.6. The van der Waals surface area contributed by atoms with Gasteiger partial charge in [0.05, 0.1) is 17.1 Å². The van der Waals surface area contributed by atoms with E-state index in [4.69, 9.17) is 46.4 Å². The number of hydrogen-bond acceptors (Lipinski definition) is 3. The van der Waals surface area contributed by atoms with Crippen LogP contribution < -0.4 is 0 Å². The second kappa shape index (κ2) is 11.7. The molecule has 1 N–H and O–H groups in total. The molecule has 0 aliphatic carbocycles. The molecule has 184 valence electrons. The maximum atomic E-state index is 13.8. The Balaban J connectivity index is 1.78. The minimum absolute atomic E-state index is 0.0353. The number of carbonyl (C=O) groups is 2. The van der Waals surface area contributed by atoms with E-state index in [-0.39, 0.29) is 23.6 Å². The first kappa shape index (κ1) is 26.5. The van der Waals surface area contributed by atoms with Crippen LogP contribution in [0.2, 0.25) is 20.1 Å². The van der Waals surface area contributed by atoms with Crippen LogP contribution in [0.25, 0.3) is 11.1 Å². The number of halogens is 4. The minimum Gasteiger partial charge on any atom is -0.480 e. The summed E-state index contributed by atoms with van der Waals surface area (Å²) < 4.78 is 0. The Hall–Kier alpha value is -2.54. The zero-order chi connectivity index (χ0) is 25.8. The van der Waals surface area contributed by atoms with Gasteiger partial charge in [0, 0.05) is 31.9 Å². The molecule has 3 aromatic carbocycles. The fraction of sp³-hybridized carbons (Fsp3) is 0.111. The smallest absolute Gasteiger partial charge is 0.326 e. The lowest BCUT2D eigenvalue weighted by atomic mass is 10.0. The first-order valence-electron chi connectivity index (χ1n) is 10.8. The SMILES string of the molecule is O=C(O)[C@H](Cc1ccccc1)N(Cc1sccc1-c1ccc(Cl)cc1Cl)C(=O)c1ccc(Cl)cc1Cl. The molecule has 0 spiro atoms. The second-order valence-electron chi connectivity index (χ2n) is 7.98. The van der Waals surface area contributed by atoms with E-state index in [9.17, 15) is 14.7 Å². The van der Waals surface area contributed by atoms with Gasteiger partial charge in [-0.05, 0) is 52.9 Å². The number of amides is 1. The van der Waals surface area contributed by atoms with Crippen molar-refractivity contribution in [1.82, 2.24) is 4.90 Å². The van der Waals surface area contributed by atoms with Gasteiger partial charge in [0.15, 0.2) is 0 Å². The van der Waals surface area contributed by atoms with Gasteiger partial charge in [0.2, 0.25) is 0 Å². The largest absolute Gasteiger partial charge is 0.480 e. The third-order valence-electron chi connectivity index (χ3n) is 5.64. The number of carbonyl (C=O) groups excluding carboxylic acids is 1. The van der Waals surface area contributed by atoms with Crippen LogP contribution in [0, 0.1) is 0 Å². The molecular weight excluding hydrogens is 560 g/mol. The molecule has 36 heavy (non-hydrogen) atoms. The molecule has 0 radical (unpaired) electrons. The highest BCUT2D eigenvalue weighted by Gasteiger charge is 2.32. The lowest BCUT2D eigenvalue weighted by Gasteiger charge is -2.30. The highest BCUT2D eigenvalue weighted by atomic mass is 35.5. The minimum atomic E-state index is -1.15. The summed E-state index contributed by atoms with van der Waals surface area (Å²) in [6, 6.07) is 19.6. The molecule has 1 atom stereocenters. The molecule has 1 amide bonds. The van der Waals surface area contributed by atoms with Crippen molar-refractivity contribution >= 4 is 69.6 Å². The third kappa shape index (κ3) is 6.05. The molecule has 4 nitrogen and oxygen atoms in total. The Morgan fingerprint density at radius 3 is 2.14 bits per heavy atom. The molecule has 4 rings (SSSR count). The summed E-state index contributed by atoms with van der Waals surface area (Å²) in [6.07, 6.45) is 0.121. The van der Waals surface area contributed by atoms with Gasteiger partial charge < -0.3 is 10.0 Å². The summed E-state index contributed by atoms with van der Waals surface area (Å²) in [4.78, 5) is 28.4. The molecule has 0 saturated heterocycles. The van der Waals surface area contributed by atoms with Crippen molar-refractivity contribution < 1.29 is 14.7 Å². The van der Waals surface area contributed by atoms with Crippen LogP contribution in [-0.2, 0) is 17.8 Å². The Labute approximate surface area is 232 Å². The maximum Gasteiger partial charge on any atom is 0.326 e. The lowest BCUT2D eigenvalue weighted by molar-refractivity contribution is -0.142. The first-order chi connectivity index (χ1) is 17.2. The average molecular weight is 579 g/mol. The highest BCUT2D eigenvalue weighted by molar-refractivity contribution is 7.10. The first-order valence-corrected chi connectivity index (χ1v) is 13.2. The van der Waals surface area contributed by atoms with E-state index in [1.807, 2.05) is 41.8 Å². The van der Waals surface area contributed by atoms with Crippen LogP contribution in [-0.4, -0.2) is 27.9 Å². The zero-order valence-corrected chi connectivity index (χ0v) is 22.5. The van der Waals surface area contributed by atoms with Gasteiger partial charge in [0.1, 0.15) is 6.04 Å². The van der Waals surface area contributed by atoms with E-state index in [1.54, 1.807) is 24.3 Å². The second-order valence-corrected chi connectivity index (χ2v) is 10.7. The summed E-state index contributed by atoms with van der Waals surface area (Å²) in [5.41, 5.74) is 2.50. The molecule has 0 bridgehead atoms. The predicted molar refractivity (Wildman–Crippen MR) is 148 cm³/mol. The summed E-state index contributed by atoms with van der Waals surface area (Å²) in [6.45, 7) is 0.0353. The van der Waals surface area contributed by atoms with Crippen LogP contribution in [0.1, 0.15) is 20.8 Å². The molecule has 0 saturated carbocycles. The van der Waals surface area contributed by atoms with Gasteiger partial charge in [-0.2, -0.15) is 0 Å². The van der Waals surface area contributed by atoms with Gasteiger partial charge in [-0.25, -0.2) is 4.79 Å². The maximum absolute atomic E-state index is 13.8. The summed E-state index contributed by atoms with van der Waals surface area (Å²) in [5.74, 6) is -1.64. The molecule has 9 heteroatoms. The van der Waals surface area contributed by atoms with E-state index >= 15 is 0 Å². The van der Waals surface area contributed by atoms with Crippen LogP contribution in [0.15, 0.2) is 78.2 Å². The molecule has 1 aromatic heterocycles. The van der Waals surface area contributed by atoms with E-state index in [1.165, 1.54) is 28.4 Å². The molecule has 0 aliphatic rings. The average Bonchev–Trinajstić information content (AvgIpc) is 3.29. The number of rotatable bonds is 8. The van der Waals surface area contributed by atoms with E-state index < -0.39 is 17.9 Å². The Kier molecular flexibility index (Phi) is 8.60. The van der Waals surface area contributed by atoms with Crippen LogP contribution in [0.5, 0.6) is 0 Å². The summed E-state index contributed by atoms with van der Waals surface area (Å²) in [7, 11) is 0. The molecule has 4 aromatic rings. The van der Waals surface area contributed by atoms with Crippen molar-refractivity contribution in [3.05, 3.63) is 114 Å².